The molecule has 0 aliphatic carbocycles. The molecule has 7 nitrogen and oxygen atoms in total. The molecule has 2 aromatic heterocycles. The molecule has 0 aliphatic rings. The Bertz CT molecular complexity index is 893. The van der Waals surface area contributed by atoms with Crippen LogP contribution in [0.1, 0.15) is 36.8 Å². The third kappa shape index (κ3) is 5.42. The normalized spacial score (nSPS) is 12.0. The highest BCUT2D eigenvalue weighted by molar-refractivity contribution is 9.10. The number of carbonyl (C=O) groups is 2. The number of pyridine rings is 1. The number of halogens is 5. The van der Waals surface area contributed by atoms with Gasteiger partial charge in [-0.05, 0) is 48.8 Å². The maximum Gasteiger partial charge on any atom is 0.437 e. The lowest BCUT2D eigenvalue weighted by Crippen LogP contribution is -2.29. The van der Waals surface area contributed by atoms with Crippen molar-refractivity contribution in [2.75, 3.05) is 5.32 Å². The zero-order valence-electron chi connectivity index (χ0n) is 14.2. The third-order valence-corrected chi connectivity index (χ3v) is 3.55. The summed E-state index contributed by atoms with van der Waals surface area (Å²) < 4.78 is 44.1. The number of hydrogen-bond donors (Lipinski definition) is 1. The van der Waals surface area contributed by atoms with Crippen molar-refractivity contribution >= 4 is 45.3 Å². The molecule has 0 saturated heterocycles. The lowest BCUT2D eigenvalue weighted by molar-refractivity contribution is -0.141. The summed E-state index contributed by atoms with van der Waals surface area (Å²) in [7, 11) is 0. The lowest BCUT2D eigenvalue weighted by Gasteiger charge is -2.19. The molecule has 2 heterocycles. The second-order valence-electron chi connectivity index (χ2n) is 6.23. The summed E-state index contributed by atoms with van der Waals surface area (Å²) in [5, 5.41) is 5.56. The summed E-state index contributed by atoms with van der Waals surface area (Å²) in [6, 6.07) is 2.83. The first-order valence-electron chi connectivity index (χ1n) is 7.32. The van der Waals surface area contributed by atoms with Crippen molar-refractivity contribution in [2.24, 2.45) is 0 Å². The molecule has 12 heteroatoms. The standard InChI is InChI=1S/C15H13BrClF3N4O3/c1-14(2,3)27-13(26)24-10(6-9(16)23-24)22-12(25)7-4-5-8(15(18,19)20)21-11(7)17/h4-6H,1-3H3,(H,22,25). The largest absolute Gasteiger partial charge is 0.442 e. The van der Waals surface area contributed by atoms with E-state index in [9.17, 15) is 22.8 Å². The Labute approximate surface area is 165 Å². The van der Waals surface area contributed by atoms with Gasteiger partial charge in [-0.3, -0.25) is 4.79 Å². The van der Waals surface area contributed by atoms with Crippen molar-refractivity contribution in [2.45, 2.75) is 32.5 Å². The summed E-state index contributed by atoms with van der Waals surface area (Å²) in [4.78, 5) is 27.7. The summed E-state index contributed by atoms with van der Waals surface area (Å²) >= 11 is 8.76. The number of nitrogens with zero attached hydrogens (tertiary/aromatic N) is 3. The molecule has 2 rings (SSSR count). The Hall–Kier alpha value is -2.14. The predicted octanol–water partition coefficient (Wildman–Crippen LogP) is 4.75. The molecule has 0 bridgehead atoms. The fraction of sp³-hybridized carbons (Fsp3) is 0.333. The second kappa shape index (κ2) is 7.47. The molecule has 1 N–H and O–H groups in total. The van der Waals surface area contributed by atoms with Crippen molar-refractivity contribution in [3.63, 3.8) is 0 Å². The van der Waals surface area contributed by atoms with Crippen LogP contribution in [-0.2, 0) is 10.9 Å². The van der Waals surface area contributed by atoms with E-state index < -0.39 is 34.6 Å². The maximum absolute atomic E-state index is 12.6. The Kier molecular flexibility index (Phi) is 5.85. The third-order valence-electron chi connectivity index (χ3n) is 2.87. The number of aromatic nitrogens is 3. The molecular weight excluding hydrogens is 457 g/mol. The van der Waals surface area contributed by atoms with Gasteiger partial charge in [0.1, 0.15) is 26.9 Å². The number of hydrogen-bond acceptors (Lipinski definition) is 5. The molecule has 0 atom stereocenters. The van der Waals surface area contributed by atoms with Gasteiger partial charge in [-0.15, -0.1) is 4.68 Å². The van der Waals surface area contributed by atoms with Gasteiger partial charge < -0.3 is 10.1 Å². The van der Waals surface area contributed by atoms with Gasteiger partial charge in [0.05, 0.1) is 5.56 Å². The van der Waals surface area contributed by atoms with E-state index in [0.29, 0.717) is 6.07 Å². The summed E-state index contributed by atoms with van der Waals surface area (Å²) in [6.07, 6.45) is -5.56. The highest BCUT2D eigenvalue weighted by Crippen LogP contribution is 2.29. The van der Waals surface area contributed by atoms with Crippen LogP contribution < -0.4 is 5.32 Å². The van der Waals surface area contributed by atoms with E-state index >= 15 is 0 Å². The summed E-state index contributed by atoms with van der Waals surface area (Å²) in [6.45, 7) is 4.94. The first-order chi connectivity index (χ1) is 12.3. The Morgan fingerprint density at radius 3 is 2.41 bits per heavy atom. The van der Waals surface area contributed by atoms with E-state index in [1.807, 2.05) is 0 Å². The maximum atomic E-state index is 12.6. The van der Waals surface area contributed by atoms with Gasteiger partial charge in [0.15, 0.2) is 0 Å². The lowest BCUT2D eigenvalue weighted by atomic mass is 10.2. The highest BCUT2D eigenvalue weighted by atomic mass is 79.9. The predicted molar refractivity (Wildman–Crippen MR) is 93.8 cm³/mol. The number of rotatable bonds is 2. The van der Waals surface area contributed by atoms with E-state index in [0.717, 1.165) is 10.7 Å². The summed E-state index contributed by atoms with van der Waals surface area (Å²) in [5.41, 5.74) is -2.35. The zero-order chi connectivity index (χ0) is 20.6. The van der Waals surface area contributed by atoms with Crippen LogP contribution in [0.2, 0.25) is 5.15 Å². The van der Waals surface area contributed by atoms with Gasteiger partial charge in [0.2, 0.25) is 0 Å². The smallest absolute Gasteiger partial charge is 0.437 e. The van der Waals surface area contributed by atoms with Crippen LogP contribution in [-0.4, -0.2) is 32.4 Å². The second-order valence-corrected chi connectivity index (χ2v) is 7.40. The van der Waals surface area contributed by atoms with Crippen LogP contribution >= 0.6 is 27.5 Å². The Morgan fingerprint density at radius 1 is 1.26 bits per heavy atom. The van der Waals surface area contributed by atoms with Crippen LogP contribution in [0, 0.1) is 0 Å². The first kappa shape index (κ1) is 21.2. The molecule has 0 aliphatic heterocycles. The van der Waals surface area contributed by atoms with Crippen molar-refractivity contribution in [3.8, 4) is 0 Å². The van der Waals surface area contributed by atoms with E-state index in [-0.39, 0.29) is 16.0 Å². The quantitative estimate of drug-likeness (QED) is 0.642. The molecule has 2 aromatic rings. The van der Waals surface area contributed by atoms with Gasteiger partial charge in [0.25, 0.3) is 5.91 Å². The topological polar surface area (TPSA) is 86.1 Å². The van der Waals surface area contributed by atoms with Crippen LogP contribution in [0.25, 0.3) is 0 Å². The van der Waals surface area contributed by atoms with Gasteiger partial charge >= 0.3 is 12.3 Å². The number of alkyl halides is 3. The molecule has 0 saturated carbocycles. The molecule has 0 spiro atoms. The fourth-order valence-corrected chi connectivity index (χ4v) is 2.45. The summed E-state index contributed by atoms with van der Waals surface area (Å²) in [5.74, 6) is -0.949. The number of amides is 1. The number of carbonyl (C=O) groups excluding carboxylic acids is 2. The van der Waals surface area contributed by atoms with Gasteiger partial charge in [-0.1, -0.05) is 11.6 Å². The number of ether oxygens (including phenoxy) is 1. The highest BCUT2D eigenvalue weighted by Gasteiger charge is 2.33. The first-order valence-corrected chi connectivity index (χ1v) is 8.49. The van der Waals surface area contributed by atoms with Crippen LogP contribution in [0.4, 0.5) is 23.8 Å². The van der Waals surface area contributed by atoms with E-state index in [4.69, 9.17) is 16.3 Å². The molecule has 1 amide bonds. The Balaban J connectivity index is 2.28. The minimum absolute atomic E-state index is 0.0721. The minimum Gasteiger partial charge on any atom is -0.442 e. The average molecular weight is 470 g/mol. The van der Waals surface area contributed by atoms with Crippen LogP contribution in [0.3, 0.4) is 0 Å². The van der Waals surface area contributed by atoms with E-state index in [1.54, 1.807) is 20.8 Å². The van der Waals surface area contributed by atoms with Crippen molar-refractivity contribution in [1.29, 1.82) is 0 Å². The van der Waals surface area contributed by atoms with Gasteiger partial charge in [-0.2, -0.15) is 18.3 Å². The molecule has 0 unspecified atom stereocenters. The SMILES string of the molecule is CC(C)(C)OC(=O)n1nc(Br)cc1NC(=O)c1ccc(C(F)(F)F)nc1Cl. The average Bonchev–Trinajstić information content (AvgIpc) is 2.85. The molecule has 27 heavy (non-hydrogen) atoms. The van der Waals surface area contributed by atoms with Crippen molar-refractivity contribution in [3.05, 3.63) is 39.2 Å². The molecule has 0 fully saturated rings. The van der Waals surface area contributed by atoms with Gasteiger partial charge in [0, 0.05) is 6.07 Å². The van der Waals surface area contributed by atoms with Crippen LogP contribution in [0.15, 0.2) is 22.8 Å². The molecule has 0 radical (unpaired) electrons. The molecule has 0 aromatic carbocycles. The fourth-order valence-electron chi connectivity index (χ4n) is 1.83. The minimum atomic E-state index is -4.70. The van der Waals surface area contributed by atoms with Crippen LogP contribution in [0.5, 0.6) is 0 Å². The number of nitrogens with one attached hydrogen (secondary N) is 1. The monoisotopic (exact) mass is 468 g/mol. The molecule has 146 valence electrons. The zero-order valence-corrected chi connectivity index (χ0v) is 16.5. The van der Waals surface area contributed by atoms with Gasteiger partial charge in [-0.25, -0.2) is 9.78 Å². The Morgan fingerprint density at radius 2 is 1.89 bits per heavy atom. The number of anilines is 1. The van der Waals surface area contributed by atoms with Crippen molar-refractivity contribution < 1.29 is 27.5 Å². The van der Waals surface area contributed by atoms with E-state index in [2.05, 4.69) is 31.3 Å². The molecular formula is C15H13BrClF3N4O3. The van der Waals surface area contributed by atoms with E-state index in [1.165, 1.54) is 6.07 Å². The van der Waals surface area contributed by atoms with Crippen molar-refractivity contribution in [1.82, 2.24) is 14.8 Å².